The van der Waals surface area contributed by atoms with Gasteiger partial charge in [0.25, 0.3) is 5.69 Å². The average Bonchev–Trinajstić information content (AvgIpc) is 3.04. The number of nitro groups is 1. The fraction of sp³-hybridized carbons (Fsp3) is 0.417. The number of ether oxygens (including phenoxy) is 1. The molecule has 1 fully saturated rings. The number of hydrogen-bond acceptors (Lipinski definition) is 6. The Labute approximate surface area is 113 Å². The number of fused-ring (bicyclic) bond motifs is 1. The van der Waals surface area contributed by atoms with E-state index in [-0.39, 0.29) is 11.8 Å². The number of nitro benzene ring substituents is 1. The third-order valence-electron chi connectivity index (χ3n) is 3.09. The number of aromatic nitrogens is 1. The topological polar surface area (TPSA) is 77.3 Å². The van der Waals surface area contributed by atoms with E-state index in [0.717, 1.165) is 41.3 Å². The lowest BCUT2D eigenvalue weighted by Crippen LogP contribution is -2.18. The van der Waals surface area contributed by atoms with Crippen molar-refractivity contribution in [3.63, 3.8) is 0 Å². The monoisotopic (exact) mass is 279 g/mol. The highest BCUT2D eigenvalue weighted by atomic mass is 32.1. The molecule has 0 aliphatic carbocycles. The molecule has 7 heteroatoms. The van der Waals surface area contributed by atoms with Gasteiger partial charge in [0.05, 0.1) is 21.2 Å². The van der Waals surface area contributed by atoms with Gasteiger partial charge in [0, 0.05) is 25.3 Å². The largest absolute Gasteiger partial charge is 0.376 e. The lowest BCUT2D eigenvalue weighted by atomic mass is 10.2. The molecule has 2 heterocycles. The molecule has 1 aliphatic heterocycles. The Morgan fingerprint density at radius 3 is 3.21 bits per heavy atom. The van der Waals surface area contributed by atoms with Gasteiger partial charge in [-0.05, 0) is 18.9 Å². The number of hydrogen-bond donors (Lipinski definition) is 1. The van der Waals surface area contributed by atoms with Crippen LogP contribution in [0.5, 0.6) is 0 Å². The Hall–Kier alpha value is -1.73. The van der Waals surface area contributed by atoms with Crippen LogP contribution in [0.1, 0.15) is 12.8 Å². The predicted octanol–water partition coefficient (Wildman–Crippen LogP) is 2.80. The second-order valence-electron chi connectivity index (χ2n) is 4.44. The number of rotatable bonds is 4. The fourth-order valence-electron chi connectivity index (χ4n) is 2.11. The van der Waals surface area contributed by atoms with E-state index in [9.17, 15) is 10.1 Å². The second-order valence-corrected chi connectivity index (χ2v) is 5.47. The van der Waals surface area contributed by atoms with Crippen molar-refractivity contribution in [1.29, 1.82) is 0 Å². The molecule has 1 aromatic heterocycles. The Balaban J connectivity index is 1.75. The highest BCUT2D eigenvalue weighted by Gasteiger charge is 2.16. The van der Waals surface area contributed by atoms with Gasteiger partial charge in [0.1, 0.15) is 0 Å². The first-order chi connectivity index (χ1) is 9.22. The van der Waals surface area contributed by atoms with Gasteiger partial charge < -0.3 is 10.1 Å². The zero-order chi connectivity index (χ0) is 13.2. The molecule has 0 spiro atoms. The fourth-order valence-corrected chi connectivity index (χ4v) is 3.01. The molecule has 19 heavy (non-hydrogen) atoms. The van der Waals surface area contributed by atoms with E-state index < -0.39 is 4.92 Å². The summed E-state index contributed by atoms with van der Waals surface area (Å²) in [6.45, 7) is 1.57. The van der Waals surface area contributed by atoms with Gasteiger partial charge in [-0.25, -0.2) is 4.98 Å². The normalized spacial score (nSPS) is 18.8. The van der Waals surface area contributed by atoms with Crippen molar-refractivity contribution in [2.45, 2.75) is 18.9 Å². The molecule has 1 aliphatic rings. The maximum absolute atomic E-state index is 10.7. The molecule has 1 saturated heterocycles. The first-order valence-corrected chi connectivity index (χ1v) is 6.94. The molecule has 3 rings (SSSR count). The van der Waals surface area contributed by atoms with Crippen molar-refractivity contribution in [3.8, 4) is 0 Å². The average molecular weight is 279 g/mol. The molecule has 0 bridgehead atoms. The minimum atomic E-state index is -0.390. The van der Waals surface area contributed by atoms with Crippen LogP contribution in [0, 0.1) is 10.1 Å². The van der Waals surface area contributed by atoms with E-state index in [4.69, 9.17) is 4.74 Å². The van der Waals surface area contributed by atoms with Crippen molar-refractivity contribution in [2.75, 3.05) is 18.5 Å². The third kappa shape index (κ3) is 2.66. The van der Waals surface area contributed by atoms with Crippen LogP contribution in [0.4, 0.5) is 10.8 Å². The van der Waals surface area contributed by atoms with E-state index in [1.807, 2.05) is 0 Å². The maximum Gasteiger partial charge on any atom is 0.270 e. The van der Waals surface area contributed by atoms with Gasteiger partial charge in [-0.1, -0.05) is 11.3 Å². The van der Waals surface area contributed by atoms with E-state index in [0.29, 0.717) is 0 Å². The Morgan fingerprint density at radius 1 is 1.58 bits per heavy atom. The highest BCUT2D eigenvalue weighted by Crippen LogP contribution is 2.29. The van der Waals surface area contributed by atoms with Crippen LogP contribution in [0.15, 0.2) is 18.2 Å². The van der Waals surface area contributed by atoms with Gasteiger partial charge in [0.2, 0.25) is 0 Å². The standard InChI is InChI=1S/C12H13N3O3S/c16-15(17)8-3-4-10-11(6-8)19-12(14-10)13-7-9-2-1-5-18-9/h3-4,6,9H,1-2,5,7H2,(H,13,14)/t9-/m1/s1. The predicted molar refractivity (Wildman–Crippen MR) is 73.7 cm³/mol. The first kappa shape index (κ1) is 12.3. The van der Waals surface area contributed by atoms with Crippen LogP contribution >= 0.6 is 11.3 Å². The molecule has 1 aromatic carbocycles. The van der Waals surface area contributed by atoms with E-state index in [1.54, 1.807) is 12.1 Å². The summed E-state index contributed by atoms with van der Waals surface area (Å²) in [4.78, 5) is 14.7. The molecule has 0 saturated carbocycles. The third-order valence-corrected chi connectivity index (χ3v) is 4.06. The van der Waals surface area contributed by atoms with E-state index in [1.165, 1.54) is 17.4 Å². The summed E-state index contributed by atoms with van der Waals surface area (Å²) in [5.74, 6) is 0. The van der Waals surface area contributed by atoms with Crippen molar-refractivity contribution < 1.29 is 9.66 Å². The molecule has 100 valence electrons. The molecule has 0 amide bonds. The summed E-state index contributed by atoms with van der Waals surface area (Å²) in [5.41, 5.74) is 0.882. The van der Waals surface area contributed by atoms with Crippen molar-refractivity contribution >= 4 is 32.4 Å². The number of nitrogens with zero attached hydrogens (tertiary/aromatic N) is 2. The van der Waals surface area contributed by atoms with Crippen LogP contribution in [0.3, 0.4) is 0 Å². The van der Waals surface area contributed by atoms with E-state index >= 15 is 0 Å². The Morgan fingerprint density at radius 2 is 2.47 bits per heavy atom. The summed E-state index contributed by atoms with van der Waals surface area (Å²) < 4.78 is 6.35. The summed E-state index contributed by atoms with van der Waals surface area (Å²) in [7, 11) is 0. The van der Waals surface area contributed by atoms with Crippen LogP contribution in [-0.2, 0) is 4.74 Å². The SMILES string of the molecule is O=[N+]([O-])c1ccc2nc(NC[C@H]3CCCO3)sc2c1. The maximum atomic E-state index is 10.7. The van der Waals surface area contributed by atoms with Gasteiger partial charge >= 0.3 is 0 Å². The number of nitrogens with one attached hydrogen (secondary N) is 1. The number of thiazole rings is 1. The van der Waals surface area contributed by atoms with Crippen molar-refractivity contribution in [3.05, 3.63) is 28.3 Å². The lowest BCUT2D eigenvalue weighted by molar-refractivity contribution is -0.384. The zero-order valence-electron chi connectivity index (χ0n) is 10.2. The van der Waals surface area contributed by atoms with Crippen molar-refractivity contribution in [1.82, 2.24) is 4.98 Å². The molecule has 0 radical (unpaired) electrons. The molecule has 6 nitrogen and oxygen atoms in total. The summed E-state index contributed by atoms with van der Waals surface area (Å²) >= 11 is 1.43. The van der Waals surface area contributed by atoms with Gasteiger partial charge in [-0.2, -0.15) is 0 Å². The van der Waals surface area contributed by atoms with Gasteiger partial charge in [-0.3, -0.25) is 10.1 Å². The smallest absolute Gasteiger partial charge is 0.270 e. The molecular formula is C12H13N3O3S. The van der Waals surface area contributed by atoms with Gasteiger partial charge in [-0.15, -0.1) is 0 Å². The minimum Gasteiger partial charge on any atom is -0.376 e. The van der Waals surface area contributed by atoms with Crippen LogP contribution in [0.2, 0.25) is 0 Å². The second kappa shape index (κ2) is 5.10. The zero-order valence-corrected chi connectivity index (χ0v) is 11.0. The number of non-ortho nitro benzene ring substituents is 1. The summed E-state index contributed by atoms with van der Waals surface area (Å²) in [5, 5.41) is 14.7. The minimum absolute atomic E-state index is 0.0989. The Bertz CT molecular complexity index is 607. The van der Waals surface area contributed by atoms with Crippen molar-refractivity contribution in [2.24, 2.45) is 0 Å². The van der Waals surface area contributed by atoms with Crippen LogP contribution in [0.25, 0.3) is 10.2 Å². The molecule has 2 aromatic rings. The first-order valence-electron chi connectivity index (χ1n) is 6.13. The lowest BCUT2D eigenvalue weighted by Gasteiger charge is -2.08. The van der Waals surface area contributed by atoms with E-state index in [2.05, 4.69) is 10.3 Å². The highest BCUT2D eigenvalue weighted by molar-refractivity contribution is 7.22. The molecule has 1 N–H and O–H groups in total. The molecule has 1 atom stereocenters. The number of benzene rings is 1. The molecule has 0 unspecified atom stereocenters. The van der Waals surface area contributed by atoms with Crippen LogP contribution in [-0.4, -0.2) is 29.2 Å². The summed E-state index contributed by atoms with van der Waals surface area (Å²) in [6.07, 6.45) is 2.43. The quantitative estimate of drug-likeness (QED) is 0.687. The number of anilines is 1. The van der Waals surface area contributed by atoms with Gasteiger partial charge in [0.15, 0.2) is 5.13 Å². The molecular weight excluding hydrogens is 266 g/mol. The van der Waals surface area contributed by atoms with Crippen LogP contribution < -0.4 is 5.32 Å². The Kier molecular flexibility index (Phi) is 3.31. The summed E-state index contributed by atoms with van der Waals surface area (Å²) in [6, 6.07) is 4.72.